The molecule has 94 valence electrons. The molecule has 0 bridgehead atoms. The highest BCUT2D eigenvalue weighted by Crippen LogP contribution is 2.17. The van der Waals surface area contributed by atoms with Crippen LogP contribution in [0, 0.1) is 0 Å². The molecule has 0 atom stereocenters. The Kier molecular flexibility index (Phi) is 4.47. The van der Waals surface area contributed by atoms with Crippen molar-refractivity contribution in [3.8, 4) is 0 Å². The van der Waals surface area contributed by atoms with Gasteiger partial charge in [0.1, 0.15) is 0 Å². The zero-order chi connectivity index (χ0) is 12.1. The Morgan fingerprint density at radius 1 is 1.59 bits per heavy atom. The molecule has 5 nitrogen and oxygen atoms in total. The Morgan fingerprint density at radius 3 is 3.06 bits per heavy atom. The van der Waals surface area contributed by atoms with Crippen LogP contribution in [0.15, 0.2) is 5.38 Å². The molecule has 0 radical (unpaired) electrons. The molecule has 1 aliphatic rings. The highest BCUT2D eigenvalue weighted by Gasteiger charge is 2.12. The fraction of sp³-hybridized carbons (Fsp3) is 0.636. The first-order chi connectivity index (χ1) is 8.28. The van der Waals surface area contributed by atoms with E-state index in [0.717, 1.165) is 38.5 Å². The van der Waals surface area contributed by atoms with Crippen LogP contribution in [0.1, 0.15) is 19.0 Å². The van der Waals surface area contributed by atoms with Crippen molar-refractivity contribution < 1.29 is 9.53 Å². The highest BCUT2D eigenvalue weighted by atomic mass is 32.1. The molecule has 1 N–H and O–H groups in total. The number of amides is 1. The van der Waals surface area contributed by atoms with Crippen LogP contribution in [0.25, 0.3) is 0 Å². The van der Waals surface area contributed by atoms with Crippen LogP contribution in [-0.2, 0) is 16.1 Å². The first kappa shape index (κ1) is 12.5. The fourth-order valence-electron chi connectivity index (χ4n) is 1.63. The lowest BCUT2D eigenvalue weighted by molar-refractivity contribution is -0.115. The number of ether oxygens (including phenoxy) is 1. The number of rotatable bonds is 4. The number of thiazole rings is 1. The number of nitrogens with zero attached hydrogens (tertiary/aromatic N) is 2. The third-order valence-corrected chi connectivity index (χ3v) is 3.42. The molecule has 0 saturated carbocycles. The lowest BCUT2D eigenvalue weighted by Gasteiger charge is -2.25. The molecule has 0 unspecified atom stereocenters. The van der Waals surface area contributed by atoms with Gasteiger partial charge in [0.25, 0.3) is 0 Å². The van der Waals surface area contributed by atoms with Crippen LogP contribution in [0.2, 0.25) is 0 Å². The molecule has 1 aromatic heterocycles. The smallest absolute Gasteiger partial charge is 0.225 e. The van der Waals surface area contributed by atoms with Gasteiger partial charge >= 0.3 is 0 Å². The van der Waals surface area contributed by atoms with Crippen molar-refractivity contribution in [2.75, 3.05) is 31.6 Å². The van der Waals surface area contributed by atoms with Gasteiger partial charge in [-0.25, -0.2) is 4.98 Å². The number of morpholine rings is 1. The summed E-state index contributed by atoms with van der Waals surface area (Å²) in [5.41, 5.74) is 1.02. The van der Waals surface area contributed by atoms with Gasteiger partial charge in [-0.3, -0.25) is 9.69 Å². The molecular formula is C11H17N3O2S. The number of carbonyl (C=O) groups excluding carboxylic acids is 1. The summed E-state index contributed by atoms with van der Waals surface area (Å²) in [6, 6.07) is 0. The van der Waals surface area contributed by atoms with Gasteiger partial charge in [-0.1, -0.05) is 6.92 Å². The van der Waals surface area contributed by atoms with Crippen molar-refractivity contribution in [1.82, 2.24) is 9.88 Å². The minimum Gasteiger partial charge on any atom is -0.379 e. The second kappa shape index (κ2) is 6.09. The Balaban J connectivity index is 1.86. The summed E-state index contributed by atoms with van der Waals surface area (Å²) in [6.45, 7) is 6.16. The molecule has 2 rings (SSSR count). The summed E-state index contributed by atoms with van der Waals surface area (Å²) in [6.07, 6.45) is 0.485. The second-order valence-corrected chi connectivity index (χ2v) is 4.79. The van der Waals surface area contributed by atoms with E-state index in [9.17, 15) is 4.79 Å². The zero-order valence-corrected chi connectivity index (χ0v) is 10.8. The van der Waals surface area contributed by atoms with Gasteiger partial charge in [-0.15, -0.1) is 11.3 Å². The maximum Gasteiger partial charge on any atom is 0.225 e. The number of hydrogen-bond donors (Lipinski definition) is 1. The third kappa shape index (κ3) is 3.76. The second-order valence-electron chi connectivity index (χ2n) is 3.93. The van der Waals surface area contributed by atoms with Gasteiger partial charge < -0.3 is 10.1 Å². The molecule has 6 heteroatoms. The maximum absolute atomic E-state index is 11.2. The molecule has 1 aromatic rings. The average Bonchev–Trinajstić information content (AvgIpc) is 2.77. The summed E-state index contributed by atoms with van der Waals surface area (Å²) in [7, 11) is 0. The van der Waals surface area contributed by atoms with Gasteiger partial charge in [-0.05, 0) is 0 Å². The maximum atomic E-state index is 11.2. The van der Waals surface area contributed by atoms with Gasteiger partial charge in [0.2, 0.25) is 5.91 Å². The van der Waals surface area contributed by atoms with Crippen molar-refractivity contribution in [2.45, 2.75) is 19.9 Å². The summed E-state index contributed by atoms with van der Waals surface area (Å²) in [5.74, 6) is 0.0114. The molecule has 1 saturated heterocycles. The Labute approximate surface area is 105 Å². The Hall–Kier alpha value is -0.980. The number of nitrogens with one attached hydrogen (secondary N) is 1. The fourth-order valence-corrected chi connectivity index (χ4v) is 2.35. The minimum atomic E-state index is 0.0114. The topological polar surface area (TPSA) is 54.5 Å². The number of hydrogen-bond acceptors (Lipinski definition) is 5. The van der Waals surface area contributed by atoms with E-state index in [-0.39, 0.29) is 5.91 Å². The van der Waals surface area contributed by atoms with Gasteiger partial charge in [0, 0.05) is 31.4 Å². The summed E-state index contributed by atoms with van der Waals surface area (Å²) >= 11 is 1.48. The molecule has 0 aliphatic carbocycles. The summed E-state index contributed by atoms with van der Waals surface area (Å²) < 4.78 is 5.29. The summed E-state index contributed by atoms with van der Waals surface area (Å²) in [4.78, 5) is 17.9. The highest BCUT2D eigenvalue weighted by molar-refractivity contribution is 7.13. The average molecular weight is 255 g/mol. The van der Waals surface area contributed by atoms with E-state index in [1.54, 1.807) is 0 Å². The zero-order valence-electron chi connectivity index (χ0n) is 9.94. The molecule has 17 heavy (non-hydrogen) atoms. The largest absolute Gasteiger partial charge is 0.379 e. The normalized spacial score (nSPS) is 17.0. The van der Waals surface area contributed by atoms with Crippen molar-refractivity contribution >= 4 is 22.4 Å². The molecule has 1 aliphatic heterocycles. The molecular weight excluding hydrogens is 238 g/mol. The molecule has 0 aromatic carbocycles. The van der Waals surface area contributed by atoms with Crippen LogP contribution >= 0.6 is 11.3 Å². The lowest BCUT2D eigenvalue weighted by Crippen LogP contribution is -2.35. The van der Waals surface area contributed by atoms with Crippen LogP contribution in [0.3, 0.4) is 0 Å². The first-order valence-electron chi connectivity index (χ1n) is 5.82. The van der Waals surface area contributed by atoms with Crippen molar-refractivity contribution in [3.63, 3.8) is 0 Å². The first-order valence-corrected chi connectivity index (χ1v) is 6.70. The third-order valence-electron chi connectivity index (χ3n) is 2.61. The lowest BCUT2D eigenvalue weighted by atomic mass is 10.4. The van der Waals surface area contributed by atoms with E-state index in [4.69, 9.17) is 4.74 Å². The van der Waals surface area contributed by atoms with E-state index in [0.29, 0.717) is 11.6 Å². The van der Waals surface area contributed by atoms with Crippen LogP contribution in [0.5, 0.6) is 0 Å². The van der Waals surface area contributed by atoms with Crippen LogP contribution < -0.4 is 5.32 Å². The van der Waals surface area contributed by atoms with Gasteiger partial charge in [0.05, 0.1) is 18.9 Å². The van der Waals surface area contributed by atoms with E-state index in [1.807, 2.05) is 12.3 Å². The quantitative estimate of drug-likeness (QED) is 0.881. The monoisotopic (exact) mass is 255 g/mol. The molecule has 2 heterocycles. The standard InChI is InChI=1S/C11H17N3O2S/c1-2-10(15)13-11-12-9(8-17-11)7-14-3-5-16-6-4-14/h8H,2-7H2,1H3,(H,12,13,15). The van der Waals surface area contributed by atoms with E-state index in [1.165, 1.54) is 11.3 Å². The number of aromatic nitrogens is 1. The number of anilines is 1. The van der Waals surface area contributed by atoms with Crippen molar-refractivity contribution in [2.24, 2.45) is 0 Å². The van der Waals surface area contributed by atoms with E-state index < -0.39 is 0 Å². The SMILES string of the molecule is CCC(=O)Nc1nc(CN2CCOCC2)cs1. The summed E-state index contributed by atoms with van der Waals surface area (Å²) in [5, 5.41) is 5.47. The van der Waals surface area contributed by atoms with Crippen LogP contribution in [0.4, 0.5) is 5.13 Å². The van der Waals surface area contributed by atoms with Crippen molar-refractivity contribution in [1.29, 1.82) is 0 Å². The van der Waals surface area contributed by atoms with Gasteiger partial charge in [0.15, 0.2) is 5.13 Å². The molecule has 0 spiro atoms. The van der Waals surface area contributed by atoms with Crippen LogP contribution in [-0.4, -0.2) is 42.1 Å². The Morgan fingerprint density at radius 2 is 2.35 bits per heavy atom. The predicted molar refractivity (Wildman–Crippen MR) is 67.1 cm³/mol. The van der Waals surface area contributed by atoms with Gasteiger partial charge in [-0.2, -0.15) is 0 Å². The predicted octanol–water partition coefficient (Wildman–Crippen LogP) is 1.32. The Bertz CT molecular complexity index is 375. The molecule has 1 fully saturated rings. The number of carbonyl (C=O) groups is 1. The molecule has 1 amide bonds. The van der Waals surface area contributed by atoms with E-state index >= 15 is 0 Å². The minimum absolute atomic E-state index is 0.0114. The van der Waals surface area contributed by atoms with Crippen molar-refractivity contribution in [3.05, 3.63) is 11.1 Å². The van der Waals surface area contributed by atoms with E-state index in [2.05, 4.69) is 15.2 Å².